The molecule has 30 heavy (non-hydrogen) atoms. The zero-order chi connectivity index (χ0) is 21.7. The average molecular weight is 411 g/mol. The van der Waals surface area contributed by atoms with Crippen molar-refractivity contribution in [3.05, 3.63) is 22.8 Å². The van der Waals surface area contributed by atoms with Gasteiger partial charge in [0.15, 0.2) is 5.78 Å². The van der Waals surface area contributed by atoms with E-state index < -0.39 is 0 Å². The second-order valence-corrected chi connectivity index (χ2v) is 12.2. The topological polar surface area (TPSA) is 17.1 Å². The molecule has 0 aromatic heterocycles. The van der Waals surface area contributed by atoms with Crippen LogP contribution in [0.5, 0.6) is 0 Å². The number of rotatable bonds is 5. The molecule has 0 saturated heterocycles. The van der Waals surface area contributed by atoms with Crippen molar-refractivity contribution in [1.29, 1.82) is 0 Å². The van der Waals surface area contributed by atoms with Gasteiger partial charge in [0, 0.05) is 6.42 Å². The van der Waals surface area contributed by atoms with Crippen LogP contribution in [0.2, 0.25) is 0 Å². The lowest BCUT2D eigenvalue weighted by Gasteiger charge is -2.58. The second-order valence-electron chi connectivity index (χ2n) is 12.2. The molecule has 0 radical (unpaired) electrons. The van der Waals surface area contributed by atoms with Crippen LogP contribution in [0, 0.1) is 40.4 Å². The van der Waals surface area contributed by atoms with Gasteiger partial charge in [-0.2, -0.15) is 0 Å². The van der Waals surface area contributed by atoms with Crippen LogP contribution in [-0.2, 0) is 4.79 Å². The van der Waals surface area contributed by atoms with E-state index in [1.165, 1.54) is 63.4 Å². The van der Waals surface area contributed by atoms with E-state index in [9.17, 15) is 4.79 Å². The lowest BCUT2D eigenvalue weighted by Crippen LogP contribution is -2.50. The molecule has 0 bridgehead atoms. The smallest absolute Gasteiger partial charge is 0.155 e. The summed E-state index contributed by atoms with van der Waals surface area (Å²) in [5, 5.41) is 0. The Morgan fingerprint density at radius 2 is 1.83 bits per heavy atom. The number of ketones is 1. The summed E-state index contributed by atoms with van der Waals surface area (Å²) in [5.74, 6) is 4.80. The molecule has 4 aliphatic rings. The fraction of sp³-hybridized carbons (Fsp3) is 0.828. The number of allylic oxidation sites excluding steroid dienone is 3. The number of hydrogen-bond donors (Lipinski definition) is 0. The Labute approximate surface area is 186 Å². The highest BCUT2D eigenvalue weighted by Crippen LogP contribution is 2.67. The molecule has 1 nitrogen and oxygen atoms in total. The van der Waals surface area contributed by atoms with Gasteiger partial charge in [-0.1, -0.05) is 44.4 Å². The molecule has 1 unspecified atom stereocenters. The van der Waals surface area contributed by atoms with Crippen LogP contribution < -0.4 is 0 Å². The van der Waals surface area contributed by atoms with Gasteiger partial charge in [-0.25, -0.2) is 0 Å². The molecule has 3 saturated carbocycles. The standard InChI is InChI=1S/C29H46O/c1-7-21(19(2)3)9-8-20(4)25-12-13-26-24-11-10-22-18-23(30)14-16-28(22,5)27(24)15-17-29(25,26)6/h18,20,24-27H,7-17H2,1-6H3/t20?,24-,25+,26-,27-,28-,29+/m0/s1. The Balaban J connectivity index is 1.50. The first-order valence-electron chi connectivity index (χ1n) is 13.1. The highest BCUT2D eigenvalue weighted by molar-refractivity contribution is 5.91. The Bertz CT molecular complexity index is 737. The van der Waals surface area contributed by atoms with Gasteiger partial charge in [0.2, 0.25) is 0 Å². The summed E-state index contributed by atoms with van der Waals surface area (Å²) in [6, 6.07) is 0. The van der Waals surface area contributed by atoms with Gasteiger partial charge in [-0.3, -0.25) is 4.79 Å². The van der Waals surface area contributed by atoms with Gasteiger partial charge in [0.1, 0.15) is 0 Å². The van der Waals surface area contributed by atoms with Gasteiger partial charge in [-0.15, -0.1) is 0 Å². The second kappa shape index (κ2) is 8.25. The summed E-state index contributed by atoms with van der Waals surface area (Å²) in [6.07, 6.45) is 16.1. The zero-order valence-corrected chi connectivity index (χ0v) is 20.7. The molecular formula is C29H46O. The molecule has 3 fully saturated rings. The van der Waals surface area contributed by atoms with Crippen LogP contribution in [0.25, 0.3) is 0 Å². The van der Waals surface area contributed by atoms with Crippen LogP contribution in [0.1, 0.15) is 112 Å². The fourth-order valence-electron chi connectivity index (χ4n) is 8.92. The van der Waals surface area contributed by atoms with E-state index in [1.807, 2.05) is 0 Å². The van der Waals surface area contributed by atoms with Crippen LogP contribution in [0.4, 0.5) is 0 Å². The molecule has 1 heteroatoms. The van der Waals surface area contributed by atoms with Gasteiger partial charge < -0.3 is 0 Å². The maximum atomic E-state index is 12.1. The predicted octanol–water partition coefficient (Wildman–Crippen LogP) is 8.30. The summed E-state index contributed by atoms with van der Waals surface area (Å²) in [6.45, 7) is 14.7. The first-order chi connectivity index (χ1) is 14.2. The third-order valence-electron chi connectivity index (χ3n) is 10.8. The van der Waals surface area contributed by atoms with Crippen molar-refractivity contribution in [1.82, 2.24) is 0 Å². The fourth-order valence-corrected chi connectivity index (χ4v) is 8.92. The molecule has 168 valence electrons. The summed E-state index contributed by atoms with van der Waals surface area (Å²) < 4.78 is 0. The Hall–Kier alpha value is -0.850. The van der Waals surface area contributed by atoms with Gasteiger partial charge >= 0.3 is 0 Å². The molecule has 0 aliphatic heterocycles. The minimum absolute atomic E-state index is 0.321. The monoisotopic (exact) mass is 410 g/mol. The third kappa shape index (κ3) is 3.57. The maximum Gasteiger partial charge on any atom is 0.155 e. The van der Waals surface area contributed by atoms with Gasteiger partial charge in [0.25, 0.3) is 0 Å². The Morgan fingerprint density at radius 3 is 2.53 bits per heavy atom. The first-order valence-corrected chi connectivity index (χ1v) is 13.1. The normalized spacial score (nSPS) is 41.4. The molecule has 4 aliphatic carbocycles. The maximum absolute atomic E-state index is 12.1. The number of carbonyl (C=O) groups is 1. The van der Waals surface area contributed by atoms with Crippen molar-refractivity contribution in [2.75, 3.05) is 0 Å². The van der Waals surface area contributed by atoms with Crippen LogP contribution in [-0.4, -0.2) is 5.78 Å². The van der Waals surface area contributed by atoms with Crippen molar-refractivity contribution in [2.45, 2.75) is 112 Å². The Morgan fingerprint density at radius 1 is 1.07 bits per heavy atom. The lowest BCUT2D eigenvalue weighted by molar-refractivity contribution is -0.117. The molecule has 0 aromatic rings. The van der Waals surface area contributed by atoms with E-state index in [4.69, 9.17) is 0 Å². The van der Waals surface area contributed by atoms with Crippen molar-refractivity contribution < 1.29 is 4.79 Å². The number of hydrogen-bond acceptors (Lipinski definition) is 1. The minimum Gasteiger partial charge on any atom is -0.295 e. The summed E-state index contributed by atoms with van der Waals surface area (Å²) in [4.78, 5) is 12.1. The molecule has 0 aromatic carbocycles. The van der Waals surface area contributed by atoms with E-state index in [2.05, 4.69) is 47.6 Å². The van der Waals surface area contributed by atoms with E-state index in [-0.39, 0.29) is 0 Å². The largest absolute Gasteiger partial charge is 0.295 e. The van der Waals surface area contributed by atoms with E-state index in [0.717, 1.165) is 42.4 Å². The van der Waals surface area contributed by atoms with Gasteiger partial charge in [-0.05, 0) is 125 Å². The van der Waals surface area contributed by atoms with E-state index in [0.29, 0.717) is 16.6 Å². The van der Waals surface area contributed by atoms with Crippen molar-refractivity contribution in [3.63, 3.8) is 0 Å². The summed E-state index contributed by atoms with van der Waals surface area (Å²) in [7, 11) is 0. The van der Waals surface area contributed by atoms with Crippen LogP contribution in [0.3, 0.4) is 0 Å². The summed E-state index contributed by atoms with van der Waals surface area (Å²) in [5.41, 5.74) is 5.63. The molecule has 7 atom stereocenters. The van der Waals surface area contributed by atoms with E-state index >= 15 is 0 Å². The highest BCUT2D eigenvalue weighted by Gasteiger charge is 2.59. The van der Waals surface area contributed by atoms with Crippen molar-refractivity contribution >= 4 is 5.78 Å². The number of fused-ring (bicyclic) bond motifs is 5. The van der Waals surface area contributed by atoms with Crippen LogP contribution in [0.15, 0.2) is 22.8 Å². The van der Waals surface area contributed by atoms with Gasteiger partial charge in [0.05, 0.1) is 0 Å². The highest BCUT2D eigenvalue weighted by atomic mass is 16.1. The Kier molecular flexibility index (Phi) is 6.15. The molecule has 0 spiro atoms. The quantitative estimate of drug-likeness (QED) is 0.416. The predicted molar refractivity (Wildman–Crippen MR) is 127 cm³/mol. The first kappa shape index (κ1) is 22.3. The lowest BCUT2D eigenvalue weighted by atomic mass is 9.46. The molecular weight excluding hydrogens is 364 g/mol. The number of carbonyl (C=O) groups excluding carboxylic acids is 1. The van der Waals surface area contributed by atoms with Crippen molar-refractivity contribution in [3.8, 4) is 0 Å². The molecule has 4 rings (SSSR count). The SMILES string of the molecule is CCC(CCC(C)[C@H]1CC[C@H]2[C@@H]3CCC4=CC(=O)CC[C@]4(C)[C@H]3CC[C@]12C)=C(C)C. The molecule has 0 amide bonds. The van der Waals surface area contributed by atoms with Crippen molar-refractivity contribution in [2.24, 2.45) is 40.4 Å². The average Bonchev–Trinajstić information content (AvgIpc) is 3.06. The molecule has 0 N–H and O–H groups in total. The van der Waals surface area contributed by atoms with Crippen LogP contribution >= 0.6 is 0 Å². The zero-order valence-electron chi connectivity index (χ0n) is 20.7. The minimum atomic E-state index is 0.321. The third-order valence-corrected chi connectivity index (χ3v) is 10.8. The van der Waals surface area contributed by atoms with E-state index in [1.54, 1.807) is 11.1 Å². The summed E-state index contributed by atoms with van der Waals surface area (Å²) >= 11 is 0. The molecule has 0 heterocycles.